The number of hydrogen-bond donors (Lipinski definition) is 2. The van der Waals surface area contributed by atoms with Gasteiger partial charge in [0.25, 0.3) is 0 Å². The molecular formula is C38H44ClNO5. The van der Waals surface area contributed by atoms with E-state index in [0.29, 0.717) is 29.5 Å². The molecule has 0 spiro atoms. The van der Waals surface area contributed by atoms with Gasteiger partial charge < -0.3 is 19.9 Å². The van der Waals surface area contributed by atoms with Crippen molar-refractivity contribution in [2.75, 3.05) is 19.8 Å². The van der Waals surface area contributed by atoms with Crippen LogP contribution in [0.3, 0.4) is 0 Å². The van der Waals surface area contributed by atoms with Crippen LogP contribution in [0.15, 0.2) is 96.7 Å². The highest BCUT2D eigenvalue weighted by Gasteiger charge is 2.50. The Morgan fingerprint density at radius 1 is 0.933 bits per heavy atom. The largest absolute Gasteiger partial charge is 0.481 e. The van der Waals surface area contributed by atoms with Crippen LogP contribution in [0.1, 0.15) is 80.4 Å². The number of rotatable bonds is 13. The van der Waals surface area contributed by atoms with E-state index in [1.807, 2.05) is 49.4 Å². The quantitative estimate of drug-likeness (QED) is 0.147. The molecule has 1 fully saturated rings. The number of nitrogens with one attached hydrogen (secondary N) is 1. The lowest BCUT2D eigenvalue weighted by molar-refractivity contribution is -0.148. The molecule has 2 N–H and O–H groups in total. The molecule has 5 rings (SSSR count). The van der Waals surface area contributed by atoms with Crippen LogP contribution in [-0.2, 0) is 19.1 Å². The lowest BCUT2D eigenvalue weighted by Crippen LogP contribution is -2.58. The van der Waals surface area contributed by atoms with Crippen molar-refractivity contribution in [2.24, 2.45) is 11.8 Å². The first-order valence-electron chi connectivity index (χ1n) is 16.2. The van der Waals surface area contributed by atoms with Crippen molar-refractivity contribution in [3.8, 4) is 0 Å². The van der Waals surface area contributed by atoms with Gasteiger partial charge in [0.15, 0.2) is 0 Å². The third-order valence-electron chi connectivity index (χ3n) is 9.46. The third-order valence-corrected chi connectivity index (χ3v) is 9.70. The summed E-state index contributed by atoms with van der Waals surface area (Å²) < 4.78 is 12.0. The lowest BCUT2D eigenvalue weighted by atomic mass is 9.69. The summed E-state index contributed by atoms with van der Waals surface area (Å²) in [5.74, 6) is -2.62. The Bertz CT molecular complexity index is 1400. The minimum absolute atomic E-state index is 0.0446. The van der Waals surface area contributed by atoms with Crippen molar-refractivity contribution in [3.63, 3.8) is 0 Å². The molecule has 0 bridgehead atoms. The van der Waals surface area contributed by atoms with Gasteiger partial charge in [0, 0.05) is 29.7 Å². The van der Waals surface area contributed by atoms with Gasteiger partial charge in [-0.25, -0.2) is 4.79 Å². The fourth-order valence-electron chi connectivity index (χ4n) is 7.03. The molecule has 0 saturated heterocycles. The van der Waals surface area contributed by atoms with Crippen molar-refractivity contribution in [1.29, 1.82) is 0 Å². The smallest absolute Gasteiger partial charge is 0.336 e. The highest BCUT2D eigenvalue weighted by molar-refractivity contribution is 6.30. The molecule has 45 heavy (non-hydrogen) atoms. The van der Waals surface area contributed by atoms with Crippen LogP contribution < -0.4 is 5.32 Å². The van der Waals surface area contributed by atoms with E-state index in [4.69, 9.17) is 21.1 Å². The molecule has 3 aromatic rings. The monoisotopic (exact) mass is 629 g/mol. The maximum atomic E-state index is 13.7. The van der Waals surface area contributed by atoms with Crippen LogP contribution in [0.5, 0.6) is 0 Å². The lowest BCUT2D eigenvalue weighted by Gasteiger charge is -2.44. The Balaban J connectivity index is 1.33. The second-order valence-electron chi connectivity index (χ2n) is 12.7. The van der Waals surface area contributed by atoms with Crippen LogP contribution in [0.2, 0.25) is 5.02 Å². The Hall–Kier alpha value is -3.61. The number of esters is 1. The molecule has 3 aromatic carbocycles. The SMILES string of the molecule is CC1(COCCC2CCCCC2)NC=C(C(=O)OCCC(c2ccccc2)c2ccccc2)C(c2cccc(Cl)c2)C1C(=O)O. The van der Waals surface area contributed by atoms with E-state index < -0.39 is 29.3 Å². The Morgan fingerprint density at radius 3 is 2.22 bits per heavy atom. The van der Waals surface area contributed by atoms with E-state index in [1.54, 1.807) is 24.4 Å². The predicted octanol–water partition coefficient (Wildman–Crippen LogP) is 8.12. The molecule has 3 unspecified atom stereocenters. The van der Waals surface area contributed by atoms with E-state index in [9.17, 15) is 14.7 Å². The molecule has 1 aliphatic carbocycles. The first-order chi connectivity index (χ1) is 21.9. The summed E-state index contributed by atoms with van der Waals surface area (Å²) in [6.45, 7) is 2.81. The number of carboxylic acids is 1. The van der Waals surface area contributed by atoms with Gasteiger partial charge in [0.2, 0.25) is 0 Å². The van der Waals surface area contributed by atoms with Gasteiger partial charge in [-0.15, -0.1) is 0 Å². The van der Waals surface area contributed by atoms with Crippen molar-refractivity contribution in [1.82, 2.24) is 5.32 Å². The first kappa shape index (κ1) is 32.8. The normalized spacial score (nSPS) is 22.0. The van der Waals surface area contributed by atoms with E-state index >= 15 is 0 Å². The van der Waals surface area contributed by atoms with Crippen LogP contribution >= 0.6 is 11.6 Å². The second-order valence-corrected chi connectivity index (χ2v) is 13.1. The highest BCUT2D eigenvalue weighted by atomic mass is 35.5. The molecule has 0 aromatic heterocycles. The molecule has 3 atom stereocenters. The second kappa shape index (κ2) is 15.6. The molecule has 238 valence electrons. The number of hydrogen-bond acceptors (Lipinski definition) is 5. The number of carboxylic acid groups (broad SMARTS) is 1. The summed E-state index contributed by atoms with van der Waals surface area (Å²) >= 11 is 6.38. The van der Waals surface area contributed by atoms with Gasteiger partial charge in [-0.1, -0.05) is 117 Å². The van der Waals surface area contributed by atoms with Crippen molar-refractivity contribution in [2.45, 2.75) is 69.2 Å². The molecule has 2 aliphatic rings. The summed E-state index contributed by atoms with van der Waals surface area (Å²) in [6.07, 6.45) is 9.51. The molecule has 0 amide bonds. The molecular weight excluding hydrogens is 586 g/mol. The first-order valence-corrected chi connectivity index (χ1v) is 16.5. The number of aliphatic carboxylic acids is 1. The summed E-state index contributed by atoms with van der Waals surface area (Å²) in [5, 5.41) is 14.4. The minimum Gasteiger partial charge on any atom is -0.481 e. The zero-order valence-corrected chi connectivity index (χ0v) is 26.8. The van der Waals surface area contributed by atoms with Gasteiger partial charge >= 0.3 is 11.9 Å². The number of ether oxygens (including phenoxy) is 2. The van der Waals surface area contributed by atoms with Crippen LogP contribution in [0.4, 0.5) is 0 Å². The molecule has 0 radical (unpaired) electrons. The zero-order chi connectivity index (χ0) is 31.6. The molecule has 6 nitrogen and oxygen atoms in total. The molecule has 1 aliphatic heterocycles. The molecule has 1 heterocycles. The fraction of sp³-hybridized carbons (Fsp3) is 0.421. The Labute approximate surface area is 271 Å². The third kappa shape index (κ3) is 8.36. The van der Waals surface area contributed by atoms with Crippen molar-refractivity contribution >= 4 is 23.5 Å². The van der Waals surface area contributed by atoms with Crippen molar-refractivity contribution < 1.29 is 24.2 Å². The summed E-state index contributed by atoms with van der Waals surface area (Å²) in [7, 11) is 0. The van der Waals surface area contributed by atoms with Gasteiger partial charge in [-0.3, -0.25) is 4.79 Å². The van der Waals surface area contributed by atoms with Crippen LogP contribution in [0, 0.1) is 11.8 Å². The highest BCUT2D eigenvalue weighted by Crippen LogP contribution is 2.43. The zero-order valence-electron chi connectivity index (χ0n) is 26.0. The minimum atomic E-state index is -1.02. The molecule has 7 heteroatoms. The summed E-state index contributed by atoms with van der Waals surface area (Å²) in [4.78, 5) is 26.7. The predicted molar refractivity (Wildman–Crippen MR) is 177 cm³/mol. The topological polar surface area (TPSA) is 84.9 Å². The van der Waals surface area contributed by atoms with E-state index in [-0.39, 0.29) is 24.7 Å². The number of benzene rings is 3. The maximum absolute atomic E-state index is 13.7. The maximum Gasteiger partial charge on any atom is 0.336 e. The van der Waals surface area contributed by atoms with Gasteiger partial charge in [0.1, 0.15) is 0 Å². The standard InChI is InChI=1S/C38H44ClNO5/c1-38(26-44-22-20-27-12-5-2-6-13-27)35(36(41)42)34(30-18-11-19-31(39)24-30)33(25-40-38)37(43)45-23-21-32(28-14-7-3-8-15-28)29-16-9-4-10-17-29/h3-4,7-11,14-19,24-25,27,32,34-35,40H,2,5-6,12-13,20-23,26H2,1H3,(H,41,42). The number of halogens is 1. The van der Waals surface area contributed by atoms with Gasteiger partial charge in [-0.2, -0.15) is 0 Å². The Kier molecular flexibility index (Phi) is 11.4. The Morgan fingerprint density at radius 2 is 1.60 bits per heavy atom. The van der Waals surface area contributed by atoms with E-state index in [1.165, 1.54) is 32.1 Å². The van der Waals surface area contributed by atoms with Gasteiger partial charge in [0.05, 0.1) is 30.2 Å². The van der Waals surface area contributed by atoms with E-state index in [0.717, 1.165) is 17.5 Å². The summed E-state index contributed by atoms with van der Waals surface area (Å²) in [6, 6.07) is 27.4. The van der Waals surface area contributed by atoms with Crippen LogP contribution in [-0.4, -0.2) is 42.4 Å². The average molecular weight is 630 g/mol. The van der Waals surface area contributed by atoms with Crippen molar-refractivity contribution in [3.05, 3.63) is 118 Å². The fourth-order valence-corrected chi connectivity index (χ4v) is 7.23. The van der Waals surface area contributed by atoms with E-state index in [2.05, 4.69) is 29.6 Å². The molecule has 1 saturated carbocycles. The summed E-state index contributed by atoms with van der Waals surface area (Å²) in [5.41, 5.74) is 2.24. The van der Waals surface area contributed by atoms with Gasteiger partial charge in [-0.05, 0) is 54.5 Å². The number of carbonyl (C=O) groups is 2. The number of carbonyl (C=O) groups excluding carboxylic acids is 1. The average Bonchev–Trinajstić information content (AvgIpc) is 3.06. The van der Waals surface area contributed by atoms with Crippen LogP contribution in [0.25, 0.3) is 0 Å².